The van der Waals surface area contributed by atoms with Crippen LogP contribution in [0.2, 0.25) is 0 Å². The van der Waals surface area contributed by atoms with Crippen LogP contribution in [0.3, 0.4) is 0 Å². The third-order valence-corrected chi connectivity index (χ3v) is 5.93. The molecular weight excluding hydrogens is 332 g/mol. The summed E-state index contributed by atoms with van der Waals surface area (Å²) in [5.74, 6) is 0.0771. The molecule has 5 heteroatoms. The molecule has 1 N–H and O–H groups in total. The van der Waals surface area contributed by atoms with Gasteiger partial charge >= 0.3 is 0 Å². The molecule has 1 aromatic carbocycles. The van der Waals surface area contributed by atoms with Crippen LogP contribution >= 0.6 is 11.3 Å². The van der Waals surface area contributed by atoms with Crippen molar-refractivity contribution in [1.82, 2.24) is 4.90 Å². The number of nitrogens with one attached hydrogen (secondary N) is 1. The minimum Gasteiger partial charge on any atom is -0.344 e. The van der Waals surface area contributed by atoms with Crippen molar-refractivity contribution in [3.05, 3.63) is 51.2 Å². The van der Waals surface area contributed by atoms with Crippen LogP contribution in [0.5, 0.6) is 0 Å². The van der Waals surface area contributed by atoms with Gasteiger partial charge in [0.25, 0.3) is 5.91 Å². The van der Waals surface area contributed by atoms with Crippen molar-refractivity contribution < 1.29 is 9.59 Å². The average Bonchev–Trinajstić information content (AvgIpc) is 3.04. The fourth-order valence-corrected chi connectivity index (χ4v) is 4.37. The van der Waals surface area contributed by atoms with Gasteiger partial charge in [-0.1, -0.05) is 19.1 Å². The summed E-state index contributed by atoms with van der Waals surface area (Å²) >= 11 is 1.57. The van der Waals surface area contributed by atoms with Gasteiger partial charge in [0.15, 0.2) is 0 Å². The molecule has 0 aliphatic heterocycles. The Bertz CT molecular complexity index is 777. The molecule has 2 amide bonds. The summed E-state index contributed by atoms with van der Waals surface area (Å²) < 4.78 is 0. The Morgan fingerprint density at radius 3 is 2.60 bits per heavy atom. The van der Waals surface area contributed by atoms with E-state index in [4.69, 9.17) is 0 Å². The highest BCUT2D eigenvalue weighted by Crippen LogP contribution is 2.33. The molecule has 0 saturated heterocycles. The molecule has 1 atom stereocenters. The van der Waals surface area contributed by atoms with Crippen LogP contribution < -0.4 is 5.32 Å². The highest BCUT2D eigenvalue weighted by molar-refractivity contribution is 7.14. The molecule has 1 aliphatic rings. The number of carbonyl (C=O) groups excluding carboxylic acids is 2. The molecule has 0 radical (unpaired) electrons. The highest BCUT2D eigenvalue weighted by atomic mass is 32.1. The van der Waals surface area contributed by atoms with Gasteiger partial charge in [-0.2, -0.15) is 0 Å². The molecule has 1 heterocycles. The van der Waals surface area contributed by atoms with E-state index in [1.807, 2.05) is 30.3 Å². The van der Waals surface area contributed by atoms with Gasteiger partial charge in [0.1, 0.15) is 0 Å². The Hall–Kier alpha value is -2.14. The van der Waals surface area contributed by atoms with Gasteiger partial charge in [-0.15, -0.1) is 11.3 Å². The lowest BCUT2D eigenvalue weighted by Crippen LogP contribution is -2.27. The van der Waals surface area contributed by atoms with Crippen LogP contribution in [-0.4, -0.2) is 30.8 Å². The van der Waals surface area contributed by atoms with E-state index in [0.29, 0.717) is 6.42 Å². The predicted molar refractivity (Wildman–Crippen MR) is 102 cm³/mol. The molecule has 0 fully saturated rings. The molecule has 2 aromatic rings. The van der Waals surface area contributed by atoms with Crippen molar-refractivity contribution in [3.63, 3.8) is 0 Å². The van der Waals surface area contributed by atoms with Crippen molar-refractivity contribution in [3.8, 4) is 0 Å². The van der Waals surface area contributed by atoms with E-state index in [9.17, 15) is 9.59 Å². The van der Waals surface area contributed by atoms with Gasteiger partial charge in [-0.25, -0.2) is 0 Å². The maximum Gasteiger partial charge on any atom is 0.263 e. The van der Waals surface area contributed by atoms with Crippen molar-refractivity contribution in [2.24, 2.45) is 5.92 Å². The molecule has 132 valence electrons. The Morgan fingerprint density at radius 1 is 1.24 bits per heavy atom. The van der Waals surface area contributed by atoms with Crippen LogP contribution in [0.15, 0.2) is 30.3 Å². The average molecular weight is 356 g/mol. The minimum absolute atomic E-state index is 0.0322. The largest absolute Gasteiger partial charge is 0.344 e. The Morgan fingerprint density at radius 2 is 1.96 bits per heavy atom. The van der Waals surface area contributed by atoms with Gasteiger partial charge in [-0.05, 0) is 55.0 Å². The quantitative estimate of drug-likeness (QED) is 0.907. The summed E-state index contributed by atoms with van der Waals surface area (Å²) in [7, 11) is 3.53. The first-order valence-corrected chi connectivity index (χ1v) is 9.52. The molecule has 0 bridgehead atoms. The van der Waals surface area contributed by atoms with Gasteiger partial charge in [0.2, 0.25) is 5.91 Å². The second kappa shape index (κ2) is 7.40. The second-order valence-electron chi connectivity index (χ2n) is 6.74. The monoisotopic (exact) mass is 356 g/mol. The lowest BCUT2D eigenvalue weighted by molar-refractivity contribution is -0.120. The lowest BCUT2D eigenvalue weighted by Gasteiger charge is -2.21. The normalized spacial score (nSPS) is 16.2. The first-order chi connectivity index (χ1) is 12.0. The number of amides is 2. The Kier molecular flexibility index (Phi) is 5.23. The first kappa shape index (κ1) is 17.7. The minimum atomic E-state index is -0.0322. The van der Waals surface area contributed by atoms with E-state index in [-0.39, 0.29) is 17.7 Å². The van der Waals surface area contributed by atoms with E-state index in [0.717, 1.165) is 35.4 Å². The molecule has 0 saturated carbocycles. The topological polar surface area (TPSA) is 49.4 Å². The van der Waals surface area contributed by atoms with Gasteiger partial charge < -0.3 is 10.2 Å². The van der Waals surface area contributed by atoms with Crippen LogP contribution in [-0.2, 0) is 24.1 Å². The summed E-state index contributed by atoms with van der Waals surface area (Å²) in [5, 5.41) is 3.03. The highest BCUT2D eigenvalue weighted by Gasteiger charge is 2.27. The Balaban J connectivity index is 1.67. The number of rotatable bonds is 4. The summed E-state index contributed by atoms with van der Waals surface area (Å²) in [6, 6.07) is 9.99. The van der Waals surface area contributed by atoms with Crippen molar-refractivity contribution in [1.29, 1.82) is 0 Å². The lowest BCUT2D eigenvalue weighted by atomic mass is 9.87. The van der Waals surface area contributed by atoms with Gasteiger partial charge in [0.05, 0.1) is 4.88 Å². The summed E-state index contributed by atoms with van der Waals surface area (Å²) in [6.07, 6.45) is 3.41. The first-order valence-electron chi connectivity index (χ1n) is 8.71. The molecule has 25 heavy (non-hydrogen) atoms. The van der Waals surface area contributed by atoms with Crippen molar-refractivity contribution >= 4 is 28.8 Å². The number of anilines is 1. The zero-order chi connectivity index (χ0) is 18.0. The number of nitrogens with zero attached hydrogens (tertiary/aromatic N) is 1. The van der Waals surface area contributed by atoms with Crippen LogP contribution in [0.25, 0.3) is 0 Å². The third kappa shape index (κ3) is 3.93. The number of hydrogen-bond donors (Lipinski definition) is 1. The second-order valence-corrected chi connectivity index (χ2v) is 7.87. The summed E-state index contributed by atoms with van der Waals surface area (Å²) in [6.45, 7) is 2.11. The SMILES string of the molecule is CCc1ccc(NC(=O)[C@@H]2CCc3sc(C(=O)N(C)C)cc3C2)cc1. The zero-order valence-corrected chi connectivity index (χ0v) is 15.8. The molecule has 4 nitrogen and oxygen atoms in total. The van der Waals surface area contributed by atoms with Crippen LogP contribution in [0.1, 0.15) is 39.0 Å². The van der Waals surface area contributed by atoms with Crippen LogP contribution in [0, 0.1) is 5.92 Å². The third-order valence-electron chi connectivity index (χ3n) is 4.70. The number of carbonyl (C=O) groups is 2. The standard InChI is InChI=1S/C20H24N2O2S/c1-4-13-5-8-16(9-6-13)21-19(23)14-7-10-17-15(11-14)12-18(25-17)20(24)22(2)3/h5-6,8-9,12,14H,4,7,10-11H2,1-3H3,(H,21,23)/t14-/m1/s1. The van der Waals surface area contributed by atoms with E-state index >= 15 is 0 Å². The number of aryl methyl sites for hydroxylation is 2. The fourth-order valence-electron chi connectivity index (χ4n) is 3.14. The number of fused-ring (bicyclic) bond motifs is 1. The maximum atomic E-state index is 12.6. The van der Waals surface area contributed by atoms with E-state index < -0.39 is 0 Å². The predicted octanol–water partition coefficient (Wildman–Crippen LogP) is 3.76. The van der Waals surface area contributed by atoms with Crippen molar-refractivity contribution in [2.45, 2.75) is 32.6 Å². The maximum absolute atomic E-state index is 12.6. The number of hydrogen-bond acceptors (Lipinski definition) is 3. The Labute approximate surface area is 152 Å². The number of thiophene rings is 1. The molecule has 3 rings (SSSR count). The molecule has 1 aliphatic carbocycles. The van der Waals surface area contributed by atoms with Crippen LogP contribution in [0.4, 0.5) is 5.69 Å². The summed E-state index contributed by atoms with van der Waals surface area (Å²) in [5.41, 5.74) is 3.27. The summed E-state index contributed by atoms with van der Waals surface area (Å²) in [4.78, 5) is 28.3. The molecular formula is C20H24N2O2S. The number of benzene rings is 1. The van der Waals surface area contributed by atoms with E-state index in [1.54, 1.807) is 30.3 Å². The van der Waals surface area contributed by atoms with Crippen molar-refractivity contribution in [2.75, 3.05) is 19.4 Å². The van der Waals surface area contributed by atoms with Gasteiger partial charge in [0, 0.05) is 30.6 Å². The smallest absolute Gasteiger partial charge is 0.263 e. The van der Waals surface area contributed by atoms with Gasteiger partial charge in [-0.3, -0.25) is 9.59 Å². The zero-order valence-electron chi connectivity index (χ0n) is 15.0. The fraction of sp³-hybridized carbons (Fsp3) is 0.400. The van der Waals surface area contributed by atoms with E-state index in [1.165, 1.54) is 10.4 Å². The molecule has 1 aromatic heterocycles. The molecule has 0 unspecified atom stereocenters. The molecule has 0 spiro atoms. The van der Waals surface area contributed by atoms with E-state index in [2.05, 4.69) is 12.2 Å².